The van der Waals surface area contributed by atoms with Crippen molar-refractivity contribution < 1.29 is 12.9 Å². The zero-order valence-corrected chi connectivity index (χ0v) is 9.41. The van der Waals surface area contributed by atoms with E-state index >= 15 is 0 Å². The highest BCUT2D eigenvalue weighted by molar-refractivity contribution is 7.92. The molecule has 1 saturated carbocycles. The van der Waals surface area contributed by atoms with Gasteiger partial charge in [0, 0.05) is 6.26 Å². The SMILES string of the molecule is C[C@H]1C[C@@]1(c1noc(CN)n1)S(C)(=O)=O. The molecule has 1 aromatic rings. The molecule has 1 heterocycles. The van der Waals surface area contributed by atoms with Crippen LogP contribution >= 0.6 is 0 Å². The molecular formula is C8H13N3O3S. The van der Waals surface area contributed by atoms with Crippen LogP contribution in [0.1, 0.15) is 25.1 Å². The maximum atomic E-state index is 11.7. The number of nitrogens with zero attached hydrogens (tertiary/aromatic N) is 2. The van der Waals surface area contributed by atoms with E-state index in [4.69, 9.17) is 10.3 Å². The van der Waals surface area contributed by atoms with Gasteiger partial charge in [-0.3, -0.25) is 0 Å². The maximum absolute atomic E-state index is 11.7. The van der Waals surface area contributed by atoms with Crippen LogP contribution in [0.3, 0.4) is 0 Å². The molecule has 1 aliphatic carbocycles. The molecule has 2 rings (SSSR count). The van der Waals surface area contributed by atoms with Crippen molar-refractivity contribution in [2.75, 3.05) is 6.26 Å². The van der Waals surface area contributed by atoms with Crippen molar-refractivity contribution in [1.29, 1.82) is 0 Å². The lowest BCUT2D eigenvalue weighted by Crippen LogP contribution is -2.23. The molecule has 0 spiro atoms. The quantitative estimate of drug-likeness (QED) is 0.774. The standard InChI is InChI=1S/C8H13N3O3S/c1-5-3-8(5,15(2,12)13)7-10-6(4-9)14-11-7/h5H,3-4,9H2,1-2H3/t5-,8+/m0/s1. The second kappa shape index (κ2) is 3.02. The summed E-state index contributed by atoms with van der Waals surface area (Å²) in [5.74, 6) is 0.556. The van der Waals surface area contributed by atoms with Crippen molar-refractivity contribution in [3.8, 4) is 0 Å². The molecule has 2 atom stereocenters. The normalized spacial score (nSPS) is 30.5. The Morgan fingerprint density at radius 2 is 2.27 bits per heavy atom. The molecule has 0 bridgehead atoms. The topological polar surface area (TPSA) is 99.1 Å². The fourth-order valence-corrected chi connectivity index (χ4v) is 3.60. The van der Waals surface area contributed by atoms with E-state index in [-0.39, 0.29) is 24.2 Å². The van der Waals surface area contributed by atoms with Crippen LogP contribution < -0.4 is 5.73 Å². The van der Waals surface area contributed by atoms with Crippen LogP contribution in [0.2, 0.25) is 0 Å². The third-order valence-corrected chi connectivity index (χ3v) is 5.00. The Kier molecular flexibility index (Phi) is 2.13. The monoisotopic (exact) mass is 231 g/mol. The minimum atomic E-state index is -3.21. The van der Waals surface area contributed by atoms with E-state index in [1.165, 1.54) is 6.26 Å². The summed E-state index contributed by atoms with van der Waals surface area (Å²) in [5.41, 5.74) is 5.32. The minimum absolute atomic E-state index is 0.0377. The third-order valence-electron chi connectivity index (χ3n) is 2.93. The van der Waals surface area contributed by atoms with E-state index in [1.54, 1.807) is 0 Å². The molecule has 15 heavy (non-hydrogen) atoms. The van der Waals surface area contributed by atoms with Crippen LogP contribution in [0.5, 0.6) is 0 Å². The van der Waals surface area contributed by atoms with Gasteiger partial charge in [0.1, 0.15) is 4.75 Å². The molecule has 0 aliphatic heterocycles. The Labute approximate surface area is 87.8 Å². The highest BCUT2D eigenvalue weighted by Crippen LogP contribution is 2.56. The molecule has 0 aromatic carbocycles. The van der Waals surface area contributed by atoms with E-state index in [0.717, 1.165) is 0 Å². The van der Waals surface area contributed by atoms with Crippen LogP contribution in [-0.4, -0.2) is 24.8 Å². The van der Waals surface area contributed by atoms with Crippen molar-refractivity contribution in [2.45, 2.75) is 24.6 Å². The van der Waals surface area contributed by atoms with Gasteiger partial charge in [-0.15, -0.1) is 0 Å². The molecule has 1 aliphatic rings. The fourth-order valence-electron chi connectivity index (χ4n) is 1.90. The van der Waals surface area contributed by atoms with Gasteiger partial charge in [0.15, 0.2) is 15.7 Å². The largest absolute Gasteiger partial charge is 0.338 e. The Bertz CT molecular complexity index is 481. The summed E-state index contributed by atoms with van der Waals surface area (Å²) in [4.78, 5) is 4.00. The van der Waals surface area contributed by atoms with Crippen molar-refractivity contribution in [3.63, 3.8) is 0 Å². The van der Waals surface area contributed by atoms with Gasteiger partial charge in [-0.05, 0) is 12.3 Å². The average Bonchev–Trinajstić information content (AvgIpc) is 2.62. The first kappa shape index (κ1) is 10.6. The molecule has 7 heteroatoms. The van der Waals surface area contributed by atoms with Gasteiger partial charge < -0.3 is 10.3 Å². The number of hydrogen-bond acceptors (Lipinski definition) is 6. The van der Waals surface area contributed by atoms with Gasteiger partial charge in [0.05, 0.1) is 6.54 Å². The number of hydrogen-bond donors (Lipinski definition) is 1. The second-order valence-electron chi connectivity index (χ2n) is 3.98. The van der Waals surface area contributed by atoms with Gasteiger partial charge >= 0.3 is 0 Å². The van der Waals surface area contributed by atoms with E-state index in [0.29, 0.717) is 6.42 Å². The van der Waals surface area contributed by atoms with E-state index in [1.807, 2.05) is 6.92 Å². The Hall–Kier alpha value is -0.950. The van der Waals surface area contributed by atoms with Gasteiger partial charge in [0.2, 0.25) is 5.89 Å². The summed E-state index contributed by atoms with van der Waals surface area (Å²) in [6.45, 7) is 1.99. The molecule has 0 amide bonds. The smallest absolute Gasteiger partial charge is 0.240 e. The number of nitrogens with two attached hydrogens (primary N) is 1. The highest BCUT2D eigenvalue weighted by Gasteiger charge is 2.63. The molecule has 1 fully saturated rings. The van der Waals surface area contributed by atoms with Crippen LogP contribution in [0.15, 0.2) is 4.52 Å². The first-order chi connectivity index (χ1) is 6.91. The van der Waals surface area contributed by atoms with Gasteiger partial charge in [-0.2, -0.15) is 4.98 Å². The summed E-state index contributed by atoms with van der Waals surface area (Å²) >= 11 is 0. The summed E-state index contributed by atoms with van der Waals surface area (Å²) in [7, 11) is -3.21. The molecule has 0 unspecified atom stereocenters. The van der Waals surface area contributed by atoms with E-state index < -0.39 is 14.6 Å². The molecule has 84 valence electrons. The second-order valence-corrected chi connectivity index (χ2v) is 6.26. The van der Waals surface area contributed by atoms with E-state index in [9.17, 15) is 8.42 Å². The van der Waals surface area contributed by atoms with Crippen molar-refractivity contribution in [1.82, 2.24) is 10.1 Å². The first-order valence-electron chi connectivity index (χ1n) is 4.64. The lowest BCUT2D eigenvalue weighted by Gasteiger charge is -2.08. The third kappa shape index (κ3) is 1.37. The van der Waals surface area contributed by atoms with Crippen LogP contribution in [-0.2, 0) is 21.1 Å². The van der Waals surface area contributed by atoms with Crippen LogP contribution in [0.4, 0.5) is 0 Å². The van der Waals surface area contributed by atoms with Gasteiger partial charge in [0.25, 0.3) is 0 Å². The Balaban J connectivity index is 2.45. The summed E-state index contributed by atoms with van der Waals surface area (Å²) in [6, 6.07) is 0. The van der Waals surface area contributed by atoms with Crippen LogP contribution in [0, 0.1) is 5.92 Å². The zero-order valence-electron chi connectivity index (χ0n) is 8.60. The molecule has 6 nitrogen and oxygen atoms in total. The van der Waals surface area contributed by atoms with Crippen molar-refractivity contribution in [3.05, 3.63) is 11.7 Å². The number of aromatic nitrogens is 2. The minimum Gasteiger partial charge on any atom is -0.338 e. The van der Waals surface area contributed by atoms with Crippen LogP contribution in [0.25, 0.3) is 0 Å². The Morgan fingerprint density at radius 1 is 1.67 bits per heavy atom. The van der Waals surface area contributed by atoms with Gasteiger partial charge in [-0.1, -0.05) is 12.1 Å². The first-order valence-corrected chi connectivity index (χ1v) is 6.53. The summed E-state index contributed by atoms with van der Waals surface area (Å²) < 4.78 is 27.2. The highest BCUT2D eigenvalue weighted by atomic mass is 32.2. The maximum Gasteiger partial charge on any atom is 0.240 e. The predicted molar refractivity (Wildman–Crippen MR) is 52.5 cm³/mol. The van der Waals surface area contributed by atoms with Gasteiger partial charge in [-0.25, -0.2) is 8.42 Å². The molecular weight excluding hydrogens is 218 g/mol. The molecule has 0 radical (unpaired) electrons. The molecule has 0 saturated heterocycles. The molecule has 2 N–H and O–H groups in total. The van der Waals surface area contributed by atoms with Crippen molar-refractivity contribution in [2.24, 2.45) is 11.7 Å². The fraction of sp³-hybridized carbons (Fsp3) is 0.750. The van der Waals surface area contributed by atoms with E-state index in [2.05, 4.69) is 10.1 Å². The predicted octanol–water partition coefficient (Wildman–Crippen LogP) is -0.192. The summed E-state index contributed by atoms with van der Waals surface area (Å²) in [5, 5.41) is 3.69. The summed E-state index contributed by atoms with van der Waals surface area (Å²) in [6.07, 6.45) is 1.75. The lowest BCUT2D eigenvalue weighted by molar-refractivity contribution is 0.372. The lowest BCUT2D eigenvalue weighted by atomic mass is 10.3. The number of sulfone groups is 1. The Morgan fingerprint density at radius 3 is 2.60 bits per heavy atom. The average molecular weight is 231 g/mol. The number of rotatable bonds is 3. The zero-order chi connectivity index (χ0) is 11.3. The molecule has 1 aromatic heterocycles. The van der Waals surface area contributed by atoms with Crippen molar-refractivity contribution >= 4 is 9.84 Å².